The Morgan fingerprint density at radius 2 is 1.61 bits per heavy atom. The van der Waals surface area contributed by atoms with Gasteiger partial charge in [-0.2, -0.15) is 5.10 Å². The van der Waals surface area contributed by atoms with Crippen LogP contribution in [-0.4, -0.2) is 36.4 Å². The second-order valence-corrected chi connectivity index (χ2v) is 6.08. The molecule has 0 aliphatic carbocycles. The summed E-state index contributed by atoms with van der Waals surface area (Å²) in [5, 5.41) is 12.4. The highest BCUT2D eigenvalue weighted by molar-refractivity contribution is 5.83. The molecular weight excluding hydrogens is 360 g/mol. The molecule has 148 valence electrons. The first kappa shape index (κ1) is 21.0. The number of unbranched alkanes of at least 4 members (excludes halogenated alkanes) is 1. The fraction of sp³-hybridized carbons (Fsp3) is 0.286. The number of nitrogens with zero attached hydrogens (tertiary/aromatic N) is 1. The normalized spacial score (nSPS) is 10.6. The quantitative estimate of drug-likeness (QED) is 0.458. The molecular formula is C21H24N2O5. The Hall–Kier alpha value is -3.35. The number of hydrogen-bond donors (Lipinski definition) is 2. The zero-order valence-corrected chi connectivity index (χ0v) is 15.8. The Morgan fingerprint density at radius 3 is 2.21 bits per heavy atom. The van der Waals surface area contributed by atoms with Crippen LogP contribution in [0.15, 0.2) is 53.6 Å². The number of carbonyl (C=O) groups excluding carboxylic acids is 1. The lowest BCUT2D eigenvalue weighted by Crippen LogP contribution is -2.24. The number of ether oxygens (including phenoxy) is 2. The van der Waals surface area contributed by atoms with Gasteiger partial charge in [0.1, 0.15) is 11.5 Å². The van der Waals surface area contributed by atoms with Gasteiger partial charge in [-0.3, -0.25) is 4.79 Å². The van der Waals surface area contributed by atoms with E-state index in [2.05, 4.69) is 17.5 Å². The van der Waals surface area contributed by atoms with Crippen LogP contribution in [0.3, 0.4) is 0 Å². The molecule has 2 rings (SSSR count). The highest BCUT2D eigenvalue weighted by atomic mass is 16.5. The van der Waals surface area contributed by atoms with Crippen molar-refractivity contribution in [3.05, 3.63) is 59.7 Å². The van der Waals surface area contributed by atoms with E-state index in [0.29, 0.717) is 11.5 Å². The minimum atomic E-state index is -1.04. The number of hydrazone groups is 1. The summed E-state index contributed by atoms with van der Waals surface area (Å²) in [7, 11) is 0. The predicted octanol–water partition coefficient (Wildman–Crippen LogP) is 3.02. The molecule has 7 nitrogen and oxygen atoms in total. The molecule has 0 saturated carbocycles. The first-order valence-corrected chi connectivity index (χ1v) is 9.05. The Bertz CT molecular complexity index is 785. The number of amides is 1. The third kappa shape index (κ3) is 7.90. The molecule has 2 aromatic carbocycles. The van der Waals surface area contributed by atoms with Crippen LogP contribution in [0.5, 0.6) is 11.5 Å². The fourth-order valence-electron chi connectivity index (χ4n) is 2.29. The lowest BCUT2D eigenvalue weighted by molar-refractivity contribution is -0.139. The fourth-order valence-corrected chi connectivity index (χ4v) is 2.29. The van der Waals surface area contributed by atoms with E-state index in [1.165, 1.54) is 11.8 Å². The summed E-state index contributed by atoms with van der Waals surface area (Å²) < 4.78 is 10.5. The third-order valence-electron chi connectivity index (χ3n) is 3.76. The number of carboxylic acids is 1. The SMILES string of the molecule is CCCCc1ccc(OCC(=O)N/N=C\c2ccc(OCC(=O)O)cc2)cc1. The highest BCUT2D eigenvalue weighted by Gasteiger charge is 2.02. The zero-order valence-electron chi connectivity index (χ0n) is 15.8. The maximum Gasteiger partial charge on any atom is 0.341 e. The van der Waals surface area contributed by atoms with Crippen molar-refractivity contribution in [3.8, 4) is 11.5 Å². The van der Waals surface area contributed by atoms with Gasteiger partial charge in [0.15, 0.2) is 13.2 Å². The molecule has 0 bridgehead atoms. The summed E-state index contributed by atoms with van der Waals surface area (Å²) in [5.74, 6) is -0.329. The van der Waals surface area contributed by atoms with Crippen LogP contribution < -0.4 is 14.9 Å². The average Bonchev–Trinajstić information content (AvgIpc) is 2.71. The second kappa shape index (κ2) is 11.4. The minimum absolute atomic E-state index is 0.131. The molecule has 7 heteroatoms. The molecule has 0 aromatic heterocycles. The van der Waals surface area contributed by atoms with Crippen molar-refractivity contribution in [2.24, 2.45) is 5.10 Å². The first-order chi connectivity index (χ1) is 13.6. The van der Waals surface area contributed by atoms with Gasteiger partial charge in [-0.25, -0.2) is 10.2 Å². The van der Waals surface area contributed by atoms with Crippen LogP contribution in [0.4, 0.5) is 0 Å². The van der Waals surface area contributed by atoms with Crippen LogP contribution in [0.2, 0.25) is 0 Å². The minimum Gasteiger partial charge on any atom is -0.484 e. The van der Waals surface area contributed by atoms with E-state index in [0.717, 1.165) is 24.8 Å². The van der Waals surface area contributed by atoms with E-state index >= 15 is 0 Å². The predicted molar refractivity (Wildman–Crippen MR) is 106 cm³/mol. The largest absolute Gasteiger partial charge is 0.484 e. The van der Waals surface area contributed by atoms with Crippen molar-refractivity contribution in [2.45, 2.75) is 26.2 Å². The van der Waals surface area contributed by atoms with E-state index < -0.39 is 12.6 Å². The standard InChI is InChI=1S/C21H24N2O5/c1-2-3-4-16-5-9-18(10-6-16)27-14-20(24)23-22-13-17-7-11-19(12-8-17)28-15-21(25)26/h5-13H,2-4,14-15H2,1H3,(H,23,24)(H,25,26)/b22-13-. The summed E-state index contributed by atoms with van der Waals surface area (Å²) in [5.41, 5.74) is 4.37. The van der Waals surface area contributed by atoms with Crippen molar-refractivity contribution in [2.75, 3.05) is 13.2 Å². The van der Waals surface area contributed by atoms with Gasteiger partial charge in [0.25, 0.3) is 5.91 Å². The van der Waals surface area contributed by atoms with Crippen molar-refractivity contribution in [3.63, 3.8) is 0 Å². The molecule has 2 aromatic rings. The van der Waals surface area contributed by atoms with E-state index in [1.54, 1.807) is 24.3 Å². The monoisotopic (exact) mass is 384 g/mol. The molecule has 1 amide bonds. The lowest BCUT2D eigenvalue weighted by atomic mass is 10.1. The number of rotatable bonds is 11. The van der Waals surface area contributed by atoms with Gasteiger partial charge < -0.3 is 14.6 Å². The van der Waals surface area contributed by atoms with Crippen LogP contribution in [0.1, 0.15) is 30.9 Å². The number of benzene rings is 2. The van der Waals surface area contributed by atoms with Gasteiger partial charge in [0.05, 0.1) is 6.21 Å². The maximum absolute atomic E-state index is 11.8. The Labute approximate surface area is 164 Å². The van der Waals surface area contributed by atoms with E-state index in [4.69, 9.17) is 14.6 Å². The summed E-state index contributed by atoms with van der Waals surface area (Å²) >= 11 is 0. The molecule has 0 fully saturated rings. The van der Waals surface area contributed by atoms with Crippen LogP contribution in [0.25, 0.3) is 0 Å². The first-order valence-electron chi connectivity index (χ1n) is 9.05. The Balaban J connectivity index is 1.72. The van der Waals surface area contributed by atoms with Crippen molar-refractivity contribution in [1.82, 2.24) is 5.43 Å². The summed E-state index contributed by atoms with van der Waals surface area (Å²) in [6.45, 7) is 1.63. The Morgan fingerprint density at radius 1 is 1.00 bits per heavy atom. The molecule has 0 radical (unpaired) electrons. The highest BCUT2D eigenvalue weighted by Crippen LogP contribution is 2.14. The lowest BCUT2D eigenvalue weighted by Gasteiger charge is -2.06. The molecule has 28 heavy (non-hydrogen) atoms. The van der Waals surface area contributed by atoms with Crippen molar-refractivity contribution < 1.29 is 24.2 Å². The van der Waals surface area contributed by atoms with Gasteiger partial charge in [-0.05, 0) is 60.4 Å². The topological polar surface area (TPSA) is 97.2 Å². The molecule has 0 aliphatic heterocycles. The summed E-state index contributed by atoms with van der Waals surface area (Å²) in [6.07, 6.45) is 4.82. The number of aliphatic carboxylic acids is 1. The van der Waals surface area contributed by atoms with Crippen molar-refractivity contribution in [1.29, 1.82) is 0 Å². The van der Waals surface area contributed by atoms with Crippen LogP contribution in [0, 0.1) is 0 Å². The van der Waals surface area contributed by atoms with Gasteiger partial charge in [-0.15, -0.1) is 0 Å². The average molecular weight is 384 g/mol. The van der Waals surface area contributed by atoms with Crippen LogP contribution >= 0.6 is 0 Å². The van der Waals surface area contributed by atoms with Crippen LogP contribution in [-0.2, 0) is 16.0 Å². The smallest absolute Gasteiger partial charge is 0.341 e. The number of hydrogen-bond acceptors (Lipinski definition) is 5. The van der Waals surface area contributed by atoms with E-state index in [-0.39, 0.29) is 12.5 Å². The second-order valence-electron chi connectivity index (χ2n) is 6.08. The number of carbonyl (C=O) groups is 2. The molecule has 0 aliphatic rings. The molecule has 0 saturated heterocycles. The molecule has 0 atom stereocenters. The summed E-state index contributed by atoms with van der Waals surface area (Å²) in [6, 6.07) is 14.4. The Kier molecular flexibility index (Phi) is 8.52. The van der Waals surface area contributed by atoms with Crippen molar-refractivity contribution >= 4 is 18.1 Å². The van der Waals surface area contributed by atoms with Gasteiger partial charge >= 0.3 is 5.97 Å². The number of carboxylic acid groups (broad SMARTS) is 1. The molecule has 0 spiro atoms. The number of nitrogens with one attached hydrogen (secondary N) is 1. The van der Waals surface area contributed by atoms with Gasteiger partial charge in [0.2, 0.25) is 0 Å². The third-order valence-corrected chi connectivity index (χ3v) is 3.76. The van der Waals surface area contributed by atoms with Gasteiger partial charge in [-0.1, -0.05) is 25.5 Å². The molecule has 2 N–H and O–H groups in total. The summed E-state index contributed by atoms with van der Waals surface area (Å²) in [4.78, 5) is 22.2. The van der Waals surface area contributed by atoms with Gasteiger partial charge in [0, 0.05) is 0 Å². The molecule has 0 unspecified atom stereocenters. The maximum atomic E-state index is 11.8. The number of aryl methyl sites for hydroxylation is 1. The van der Waals surface area contributed by atoms with E-state index in [9.17, 15) is 9.59 Å². The zero-order chi connectivity index (χ0) is 20.2. The molecule has 0 heterocycles. The van der Waals surface area contributed by atoms with E-state index in [1.807, 2.05) is 24.3 Å².